The summed E-state index contributed by atoms with van der Waals surface area (Å²) in [5.74, 6) is 0.614. The predicted octanol–water partition coefficient (Wildman–Crippen LogP) is 1.76. The Morgan fingerprint density at radius 3 is 2.75 bits per heavy atom. The molecular formula is C16H17N5O3. The summed E-state index contributed by atoms with van der Waals surface area (Å²) in [7, 11) is 0. The number of aryl methyl sites for hydroxylation is 1. The number of hydrogen-bond acceptors (Lipinski definition) is 7. The Morgan fingerprint density at radius 2 is 2.08 bits per heavy atom. The molecule has 0 spiro atoms. The van der Waals surface area contributed by atoms with Crippen LogP contribution in [0.2, 0.25) is 0 Å². The number of aromatic nitrogens is 3. The first-order valence-corrected chi connectivity index (χ1v) is 7.77. The molecular weight excluding hydrogens is 310 g/mol. The van der Waals surface area contributed by atoms with Crippen LogP contribution in [-0.2, 0) is 0 Å². The summed E-state index contributed by atoms with van der Waals surface area (Å²) in [5.41, 5.74) is 0.655. The van der Waals surface area contributed by atoms with E-state index in [1.165, 1.54) is 18.6 Å². The van der Waals surface area contributed by atoms with Gasteiger partial charge in [0.1, 0.15) is 23.5 Å². The molecule has 0 atom stereocenters. The van der Waals surface area contributed by atoms with Gasteiger partial charge < -0.3 is 14.6 Å². The van der Waals surface area contributed by atoms with Gasteiger partial charge in [0.15, 0.2) is 0 Å². The Hall–Kier alpha value is -2.95. The van der Waals surface area contributed by atoms with Crippen LogP contribution in [0.25, 0.3) is 0 Å². The summed E-state index contributed by atoms with van der Waals surface area (Å²) in [5, 5.41) is 15.6. The molecule has 1 aliphatic carbocycles. The maximum absolute atomic E-state index is 12.2. The fourth-order valence-corrected chi connectivity index (χ4v) is 2.75. The summed E-state index contributed by atoms with van der Waals surface area (Å²) >= 11 is 0. The van der Waals surface area contributed by atoms with Gasteiger partial charge in [0, 0.05) is 18.4 Å². The minimum Gasteiger partial charge on any atom is -0.472 e. The second-order valence-electron chi connectivity index (χ2n) is 5.68. The predicted molar refractivity (Wildman–Crippen MR) is 82.1 cm³/mol. The third-order valence-corrected chi connectivity index (χ3v) is 4.05. The Labute approximate surface area is 138 Å². The van der Waals surface area contributed by atoms with Crippen molar-refractivity contribution in [2.45, 2.75) is 44.8 Å². The molecule has 1 aliphatic rings. The van der Waals surface area contributed by atoms with Gasteiger partial charge in [0.05, 0.1) is 6.20 Å². The highest BCUT2D eigenvalue weighted by molar-refractivity contribution is 5.94. The van der Waals surface area contributed by atoms with Crippen LogP contribution in [0.3, 0.4) is 0 Å². The summed E-state index contributed by atoms with van der Waals surface area (Å²) in [4.78, 5) is 20.1. The third kappa shape index (κ3) is 3.51. The van der Waals surface area contributed by atoms with E-state index >= 15 is 0 Å². The highest BCUT2D eigenvalue weighted by Crippen LogP contribution is 2.24. The Morgan fingerprint density at radius 1 is 1.33 bits per heavy atom. The quantitative estimate of drug-likeness (QED) is 0.910. The number of amides is 1. The first-order chi connectivity index (χ1) is 11.7. The van der Waals surface area contributed by atoms with E-state index in [1.54, 1.807) is 6.92 Å². The van der Waals surface area contributed by atoms with Crippen LogP contribution in [-0.4, -0.2) is 33.2 Å². The Bertz CT molecular complexity index is 759. The third-order valence-electron chi connectivity index (χ3n) is 4.05. The maximum Gasteiger partial charge on any atom is 0.256 e. The molecule has 1 amide bonds. The fraction of sp³-hybridized carbons (Fsp3) is 0.438. The molecule has 124 valence electrons. The van der Waals surface area contributed by atoms with Crippen molar-refractivity contribution in [3.05, 3.63) is 35.6 Å². The van der Waals surface area contributed by atoms with E-state index in [9.17, 15) is 4.79 Å². The van der Waals surface area contributed by atoms with Crippen LogP contribution < -0.4 is 10.1 Å². The Kier molecular flexibility index (Phi) is 4.70. The summed E-state index contributed by atoms with van der Waals surface area (Å²) in [6.07, 6.45) is 7.50. The highest BCUT2D eigenvalue weighted by Gasteiger charge is 2.26. The van der Waals surface area contributed by atoms with E-state index in [0.29, 0.717) is 11.3 Å². The molecule has 0 aromatic carbocycles. The van der Waals surface area contributed by atoms with Gasteiger partial charge in [-0.2, -0.15) is 5.26 Å². The average molecular weight is 327 g/mol. The smallest absolute Gasteiger partial charge is 0.256 e. The number of hydrogen-bond donors (Lipinski definition) is 1. The van der Waals surface area contributed by atoms with E-state index in [0.717, 1.165) is 25.7 Å². The molecule has 0 bridgehead atoms. The van der Waals surface area contributed by atoms with Crippen molar-refractivity contribution in [2.24, 2.45) is 0 Å². The molecule has 8 heteroatoms. The molecule has 2 aromatic rings. The van der Waals surface area contributed by atoms with Crippen LogP contribution in [0.15, 0.2) is 23.1 Å². The van der Waals surface area contributed by atoms with Gasteiger partial charge >= 0.3 is 0 Å². The molecule has 8 nitrogen and oxygen atoms in total. The van der Waals surface area contributed by atoms with Gasteiger partial charge in [-0.25, -0.2) is 9.97 Å². The first-order valence-electron chi connectivity index (χ1n) is 7.77. The van der Waals surface area contributed by atoms with E-state index in [-0.39, 0.29) is 29.6 Å². The van der Waals surface area contributed by atoms with Crippen LogP contribution in [0, 0.1) is 18.3 Å². The van der Waals surface area contributed by atoms with Crippen molar-refractivity contribution in [1.29, 1.82) is 5.26 Å². The minimum atomic E-state index is -0.168. The van der Waals surface area contributed by atoms with Gasteiger partial charge in [-0.3, -0.25) is 4.79 Å². The van der Waals surface area contributed by atoms with Crippen molar-refractivity contribution < 1.29 is 14.1 Å². The van der Waals surface area contributed by atoms with Gasteiger partial charge in [-0.05, 0) is 32.6 Å². The van der Waals surface area contributed by atoms with E-state index in [2.05, 4.69) is 20.4 Å². The molecule has 1 fully saturated rings. The largest absolute Gasteiger partial charge is 0.472 e. The van der Waals surface area contributed by atoms with E-state index in [1.807, 2.05) is 6.07 Å². The number of nitriles is 1. The summed E-state index contributed by atoms with van der Waals surface area (Å²) < 4.78 is 10.7. The van der Waals surface area contributed by atoms with Gasteiger partial charge in [0.2, 0.25) is 5.69 Å². The standard InChI is InChI=1S/C16H17N5O3/c1-10-13(9-20-24-10)15(22)21-11-2-4-12(5-3-11)23-16-14(8-17)18-6-7-19-16/h6-7,9,11-12H,2-5H2,1H3,(H,21,22). The molecule has 0 unspecified atom stereocenters. The van der Waals surface area contributed by atoms with Gasteiger partial charge in [-0.1, -0.05) is 5.16 Å². The van der Waals surface area contributed by atoms with Gasteiger partial charge in [-0.15, -0.1) is 0 Å². The number of carbonyl (C=O) groups excluding carboxylic acids is 1. The van der Waals surface area contributed by atoms with Crippen molar-refractivity contribution in [3.63, 3.8) is 0 Å². The summed E-state index contributed by atoms with van der Waals surface area (Å²) in [6.45, 7) is 1.71. The van der Waals surface area contributed by atoms with Crippen LogP contribution >= 0.6 is 0 Å². The monoisotopic (exact) mass is 327 g/mol. The minimum absolute atomic E-state index is 0.0284. The SMILES string of the molecule is Cc1oncc1C(=O)NC1CCC(Oc2nccnc2C#N)CC1. The topological polar surface area (TPSA) is 114 Å². The molecule has 1 N–H and O–H groups in total. The van der Waals surface area contributed by atoms with E-state index in [4.69, 9.17) is 14.5 Å². The molecule has 0 saturated heterocycles. The van der Waals surface area contributed by atoms with Crippen LogP contribution in [0.1, 0.15) is 47.5 Å². The molecule has 1 saturated carbocycles. The second kappa shape index (κ2) is 7.08. The lowest BCUT2D eigenvalue weighted by Crippen LogP contribution is -2.39. The molecule has 3 rings (SSSR count). The van der Waals surface area contributed by atoms with Crippen LogP contribution in [0.5, 0.6) is 5.88 Å². The molecule has 0 aliphatic heterocycles. The lowest BCUT2D eigenvalue weighted by molar-refractivity contribution is 0.0888. The van der Waals surface area contributed by atoms with Crippen molar-refractivity contribution in [1.82, 2.24) is 20.4 Å². The zero-order valence-electron chi connectivity index (χ0n) is 13.2. The molecule has 0 radical (unpaired) electrons. The second-order valence-corrected chi connectivity index (χ2v) is 5.68. The van der Waals surface area contributed by atoms with Gasteiger partial charge in [0.25, 0.3) is 11.8 Å². The number of carbonyl (C=O) groups is 1. The normalized spacial score (nSPS) is 20.2. The Balaban J connectivity index is 1.52. The lowest BCUT2D eigenvalue weighted by Gasteiger charge is -2.29. The molecule has 2 heterocycles. The summed E-state index contributed by atoms with van der Waals surface area (Å²) in [6, 6.07) is 2.06. The fourth-order valence-electron chi connectivity index (χ4n) is 2.75. The highest BCUT2D eigenvalue weighted by atomic mass is 16.5. The number of rotatable bonds is 4. The molecule has 24 heavy (non-hydrogen) atoms. The first kappa shape index (κ1) is 15.9. The number of nitrogens with one attached hydrogen (secondary N) is 1. The van der Waals surface area contributed by atoms with E-state index < -0.39 is 0 Å². The lowest BCUT2D eigenvalue weighted by atomic mass is 9.92. The zero-order valence-corrected chi connectivity index (χ0v) is 13.2. The zero-order chi connectivity index (χ0) is 16.9. The van der Waals surface area contributed by atoms with Crippen molar-refractivity contribution in [3.8, 4) is 11.9 Å². The average Bonchev–Trinajstić information content (AvgIpc) is 3.03. The van der Waals surface area contributed by atoms with Crippen LogP contribution in [0.4, 0.5) is 0 Å². The number of ether oxygens (including phenoxy) is 1. The molecule has 2 aromatic heterocycles. The van der Waals surface area contributed by atoms with Crippen molar-refractivity contribution >= 4 is 5.91 Å². The maximum atomic E-state index is 12.2. The number of nitrogens with zero attached hydrogens (tertiary/aromatic N) is 4. The van der Waals surface area contributed by atoms with Crippen molar-refractivity contribution in [2.75, 3.05) is 0 Å².